The largest absolute Gasteiger partial charge is 0.491 e. The van der Waals surface area contributed by atoms with Gasteiger partial charge in [0, 0.05) is 36.2 Å². The van der Waals surface area contributed by atoms with Crippen LogP contribution in [0.5, 0.6) is 5.75 Å². The summed E-state index contributed by atoms with van der Waals surface area (Å²) in [7, 11) is -7.62. The van der Waals surface area contributed by atoms with E-state index in [1.165, 1.54) is 16.4 Å². The molecule has 2 heterocycles. The van der Waals surface area contributed by atoms with Crippen LogP contribution in [0.1, 0.15) is 38.3 Å². The Bertz CT molecular complexity index is 1740. The minimum Gasteiger partial charge on any atom is -0.491 e. The van der Waals surface area contributed by atoms with Gasteiger partial charge in [0.25, 0.3) is 10.0 Å². The average Bonchev–Trinajstić information content (AvgIpc) is 3.31. The molecule has 1 aliphatic heterocycles. The van der Waals surface area contributed by atoms with E-state index in [0.29, 0.717) is 37.2 Å². The first kappa shape index (κ1) is 28.8. The lowest BCUT2D eigenvalue weighted by atomic mass is 10.1. The summed E-state index contributed by atoms with van der Waals surface area (Å²) in [6.07, 6.45) is 2.98. The summed E-state index contributed by atoms with van der Waals surface area (Å²) in [4.78, 5) is 13.1. The van der Waals surface area contributed by atoms with Gasteiger partial charge in [-0.1, -0.05) is 36.4 Å². The molecule has 1 amide bonds. The summed E-state index contributed by atoms with van der Waals surface area (Å²) < 4.78 is 63.3. The smallest absolute Gasteiger partial charge is 0.264 e. The van der Waals surface area contributed by atoms with Crippen molar-refractivity contribution < 1.29 is 26.4 Å². The molecular weight excluding hydrogens is 562 g/mol. The van der Waals surface area contributed by atoms with Crippen LogP contribution >= 0.6 is 0 Å². The van der Waals surface area contributed by atoms with Crippen molar-refractivity contribution in [2.45, 2.75) is 55.0 Å². The van der Waals surface area contributed by atoms with Crippen LogP contribution in [0.15, 0.2) is 94.9 Å². The van der Waals surface area contributed by atoms with E-state index in [-0.39, 0.29) is 28.4 Å². The molecule has 5 rings (SSSR count). The van der Waals surface area contributed by atoms with Gasteiger partial charge in [-0.25, -0.2) is 21.6 Å². The number of aromatic nitrogens is 1. The number of fused-ring (bicyclic) bond motifs is 1. The Labute approximate surface area is 240 Å². The lowest BCUT2D eigenvalue weighted by molar-refractivity contribution is -0.118. The molecule has 1 N–H and O–H groups in total. The lowest BCUT2D eigenvalue weighted by Crippen LogP contribution is -2.38. The summed E-state index contributed by atoms with van der Waals surface area (Å²) in [6.45, 7) is 4.54. The molecule has 0 saturated carbocycles. The number of benzene rings is 3. The number of carbonyl (C=O) groups excluding carboxylic acids is 1. The van der Waals surface area contributed by atoms with Crippen molar-refractivity contribution in [3.63, 3.8) is 0 Å². The van der Waals surface area contributed by atoms with Gasteiger partial charge < -0.3 is 9.30 Å². The van der Waals surface area contributed by atoms with E-state index in [1.807, 2.05) is 44.3 Å². The molecule has 4 aromatic rings. The fourth-order valence-electron chi connectivity index (χ4n) is 5.21. The number of nitrogens with zero attached hydrogens (tertiary/aromatic N) is 2. The molecule has 1 fully saturated rings. The SMILES string of the molecule is CC(C)Oc1ccc(S(=O)(=O)N2CCC(n3cc(CC(=O)NS(=O)(=O)c4ccccc4)c4ccccc43)CC2)cc1. The molecule has 11 heteroatoms. The van der Waals surface area contributed by atoms with Gasteiger partial charge in [0.15, 0.2) is 0 Å². The maximum atomic E-state index is 13.3. The summed E-state index contributed by atoms with van der Waals surface area (Å²) in [5.41, 5.74) is 1.63. The average molecular weight is 596 g/mol. The van der Waals surface area contributed by atoms with E-state index >= 15 is 0 Å². The molecular formula is C30H33N3O6S2. The first-order valence-corrected chi connectivity index (χ1v) is 16.4. The van der Waals surface area contributed by atoms with Crippen molar-refractivity contribution in [2.24, 2.45) is 0 Å². The Morgan fingerprint density at radius 3 is 2.17 bits per heavy atom. The number of ether oxygens (including phenoxy) is 1. The van der Waals surface area contributed by atoms with Crippen molar-refractivity contribution >= 4 is 36.9 Å². The van der Waals surface area contributed by atoms with Gasteiger partial charge in [-0.2, -0.15) is 4.31 Å². The number of piperidine rings is 1. The molecule has 0 bridgehead atoms. The van der Waals surface area contributed by atoms with Crippen LogP contribution in [0.2, 0.25) is 0 Å². The number of hydrogen-bond donors (Lipinski definition) is 1. The van der Waals surface area contributed by atoms with E-state index < -0.39 is 26.0 Å². The number of carbonyl (C=O) groups is 1. The van der Waals surface area contributed by atoms with E-state index in [4.69, 9.17) is 4.74 Å². The lowest BCUT2D eigenvalue weighted by Gasteiger charge is -2.32. The fourth-order valence-corrected chi connectivity index (χ4v) is 7.68. The highest BCUT2D eigenvalue weighted by Gasteiger charge is 2.31. The highest BCUT2D eigenvalue weighted by Crippen LogP contribution is 2.32. The van der Waals surface area contributed by atoms with E-state index in [2.05, 4.69) is 9.29 Å². The molecule has 1 saturated heterocycles. The number of para-hydroxylation sites is 1. The number of sulfonamides is 2. The normalized spacial score (nSPS) is 15.3. The van der Waals surface area contributed by atoms with Crippen LogP contribution in [-0.4, -0.2) is 50.8 Å². The minimum atomic E-state index is -3.97. The molecule has 9 nitrogen and oxygen atoms in total. The van der Waals surface area contributed by atoms with Gasteiger partial charge in [0.05, 0.1) is 22.3 Å². The number of amides is 1. The molecule has 3 aromatic carbocycles. The molecule has 1 aliphatic rings. The summed E-state index contributed by atoms with van der Waals surface area (Å²) in [5.74, 6) is 0.00164. The minimum absolute atomic E-state index is 0.00141. The third kappa shape index (κ3) is 6.32. The standard InChI is InChI=1S/C30H33N3O6S2/c1-22(2)39-25-12-14-27(15-13-25)41(37,38)32-18-16-24(17-19-32)33-21-23(28-10-6-7-11-29(28)33)20-30(34)31-40(35,36)26-8-4-3-5-9-26/h3-15,21-22,24H,16-20H2,1-2H3,(H,31,34). The maximum absolute atomic E-state index is 13.3. The maximum Gasteiger partial charge on any atom is 0.264 e. The topological polar surface area (TPSA) is 115 Å². The van der Waals surface area contributed by atoms with Gasteiger partial charge in [-0.3, -0.25) is 4.79 Å². The zero-order chi connectivity index (χ0) is 29.2. The van der Waals surface area contributed by atoms with E-state index in [0.717, 1.165) is 10.9 Å². The summed E-state index contributed by atoms with van der Waals surface area (Å²) in [5, 5.41) is 0.860. The highest BCUT2D eigenvalue weighted by molar-refractivity contribution is 7.90. The third-order valence-corrected chi connectivity index (χ3v) is 10.4. The number of nitrogens with one attached hydrogen (secondary N) is 1. The second-order valence-electron chi connectivity index (χ2n) is 10.4. The predicted molar refractivity (Wildman–Crippen MR) is 157 cm³/mol. The van der Waals surface area contributed by atoms with Gasteiger partial charge in [-0.05, 0) is 74.7 Å². The Morgan fingerprint density at radius 2 is 1.51 bits per heavy atom. The fraction of sp³-hybridized carbons (Fsp3) is 0.300. The van der Waals surface area contributed by atoms with Crippen molar-refractivity contribution in [3.8, 4) is 5.75 Å². The van der Waals surface area contributed by atoms with Crippen LogP contribution in [0.4, 0.5) is 0 Å². The second kappa shape index (κ2) is 11.7. The van der Waals surface area contributed by atoms with Crippen LogP contribution in [0.3, 0.4) is 0 Å². The summed E-state index contributed by atoms with van der Waals surface area (Å²) >= 11 is 0. The van der Waals surface area contributed by atoms with E-state index in [9.17, 15) is 21.6 Å². The quantitative estimate of drug-likeness (QED) is 0.305. The van der Waals surface area contributed by atoms with Gasteiger partial charge in [-0.15, -0.1) is 0 Å². The zero-order valence-electron chi connectivity index (χ0n) is 22.9. The molecule has 0 radical (unpaired) electrons. The van der Waals surface area contributed by atoms with Crippen LogP contribution in [0, 0.1) is 0 Å². The van der Waals surface area contributed by atoms with Crippen molar-refractivity contribution in [1.82, 2.24) is 13.6 Å². The third-order valence-electron chi connectivity index (χ3n) is 7.13. The van der Waals surface area contributed by atoms with Gasteiger partial charge >= 0.3 is 0 Å². The Morgan fingerprint density at radius 1 is 0.878 bits per heavy atom. The molecule has 0 atom stereocenters. The van der Waals surface area contributed by atoms with Crippen molar-refractivity contribution in [3.05, 3.63) is 90.6 Å². The first-order chi connectivity index (χ1) is 19.5. The Balaban J connectivity index is 1.29. The van der Waals surface area contributed by atoms with Crippen molar-refractivity contribution in [2.75, 3.05) is 13.1 Å². The number of rotatable bonds is 9. The van der Waals surface area contributed by atoms with Gasteiger partial charge in [0.2, 0.25) is 15.9 Å². The number of hydrogen-bond acceptors (Lipinski definition) is 6. The Hall–Kier alpha value is -3.67. The molecule has 0 unspecified atom stereocenters. The monoisotopic (exact) mass is 595 g/mol. The molecule has 41 heavy (non-hydrogen) atoms. The molecule has 216 valence electrons. The zero-order valence-corrected chi connectivity index (χ0v) is 24.6. The van der Waals surface area contributed by atoms with Gasteiger partial charge in [0.1, 0.15) is 5.75 Å². The molecule has 0 spiro atoms. The molecule has 0 aliphatic carbocycles. The Kier molecular flexibility index (Phi) is 8.21. The first-order valence-electron chi connectivity index (χ1n) is 13.5. The highest BCUT2D eigenvalue weighted by atomic mass is 32.2. The second-order valence-corrected chi connectivity index (χ2v) is 14.0. The predicted octanol–water partition coefficient (Wildman–Crippen LogP) is 4.50. The van der Waals surface area contributed by atoms with E-state index in [1.54, 1.807) is 42.5 Å². The molecule has 1 aromatic heterocycles. The van der Waals surface area contributed by atoms with Crippen LogP contribution < -0.4 is 9.46 Å². The van der Waals surface area contributed by atoms with Crippen LogP contribution in [-0.2, 0) is 31.3 Å². The summed E-state index contributed by atoms with van der Waals surface area (Å²) in [6, 6.07) is 22.0. The van der Waals surface area contributed by atoms with Crippen LogP contribution in [0.25, 0.3) is 10.9 Å². The van der Waals surface area contributed by atoms with Crippen molar-refractivity contribution in [1.29, 1.82) is 0 Å².